The average molecular weight is 315 g/mol. The van der Waals surface area contributed by atoms with E-state index in [9.17, 15) is 8.42 Å². The van der Waals surface area contributed by atoms with Gasteiger partial charge in [-0.1, -0.05) is 0 Å². The van der Waals surface area contributed by atoms with Crippen molar-refractivity contribution in [1.82, 2.24) is 14.8 Å². The third-order valence-electron chi connectivity index (χ3n) is 2.67. The number of aromatic nitrogens is 3. The quantitative estimate of drug-likeness (QED) is 0.826. The molecule has 1 aromatic heterocycles. The SMILES string of the molecule is Cn1cnnc1-c1ccc(NS(=O)(=O)CCCCl)cc1. The highest BCUT2D eigenvalue weighted by Crippen LogP contribution is 2.19. The van der Waals surface area contributed by atoms with Gasteiger partial charge >= 0.3 is 0 Å². The Hall–Kier alpha value is -1.60. The largest absolute Gasteiger partial charge is 0.317 e. The normalized spacial score (nSPS) is 11.5. The van der Waals surface area contributed by atoms with Crippen molar-refractivity contribution in [3.63, 3.8) is 0 Å². The molecule has 1 N–H and O–H groups in total. The summed E-state index contributed by atoms with van der Waals surface area (Å²) in [6, 6.07) is 6.98. The van der Waals surface area contributed by atoms with Gasteiger partial charge < -0.3 is 4.57 Å². The van der Waals surface area contributed by atoms with Crippen molar-refractivity contribution in [2.45, 2.75) is 6.42 Å². The molecule has 108 valence electrons. The molecule has 20 heavy (non-hydrogen) atoms. The summed E-state index contributed by atoms with van der Waals surface area (Å²) in [5.41, 5.74) is 1.39. The maximum atomic E-state index is 11.7. The summed E-state index contributed by atoms with van der Waals surface area (Å²) in [6.45, 7) is 0. The fourth-order valence-corrected chi connectivity index (χ4v) is 3.12. The van der Waals surface area contributed by atoms with Crippen LogP contribution in [-0.2, 0) is 17.1 Å². The molecular formula is C12H15ClN4O2S. The molecule has 0 fully saturated rings. The highest BCUT2D eigenvalue weighted by molar-refractivity contribution is 7.92. The molecule has 0 spiro atoms. The van der Waals surface area contributed by atoms with Crippen LogP contribution in [0, 0.1) is 0 Å². The van der Waals surface area contributed by atoms with E-state index in [4.69, 9.17) is 11.6 Å². The lowest BCUT2D eigenvalue weighted by Gasteiger charge is -2.08. The summed E-state index contributed by atoms with van der Waals surface area (Å²) < 4.78 is 27.8. The van der Waals surface area contributed by atoms with Crippen LogP contribution >= 0.6 is 11.6 Å². The standard InChI is InChI=1S/C12H15ClN4O2S/c1-17-9-14-15-12(17)10-3-5-11(6-4-10)16-20(18,19)8-2-7-13/h3-6,9,16H,2,7-8H2,1H3. The molecule has 0 aliphatic carbocycles. The first-order valence-electron chi connectivity index (χ1n) is 6.03. The van der Waals surface area contributed by atoms with E-state index in [2.05, 4.69) is 14.9 Å². The van der Waals surface area contributed by atoms with Crippen LogP contribution in [0.15, 0.2) is 30.6 Å². The number of rotatable bonds is 6. The van der Waals surface area contributed by atoms with E-state index < -0.39 is 10.0 Å². The molecule has 0 unspecified atom stereocenters. The van der Waals surface area contributed by atoms with Gasteiger partial charge in [-0.05, 0) is 30.7 Å². The number of hydrogen-bond acceptors (Lipinski definition) is 4. The van der Waals surface area contributed by atoms with Gasteiger partial charge in [0, 0.05) is 24.2 Å². The van der Waals surface area contributed by atoms with Crippen molar-refractivity contribution >= 4 is 27.3 Å². The smallest absolute Gasteiger partial charge is 0.232 e. The second-order valence-corrected chi connectivity index (χ2v) is 6.53. The molecule has 0 aliphatic heterocycles. The lowest BCUT2D eigenvalue weighted by atomic mass is 10.2. The Morgan fingerprint density at radius 2 is 2.00 bits per heavy atom. The Kier molecular flexibility index (Phi) is 4.61. The number of nitrogens with one attached hydrogen (secondary N) is 1. The second kappa shape index (κ2) is 6.23. The van der Waals surface area contributed by atoms with Gasteiger partial charge in [0.25, 0.3) is 0 Å². The minimum atomic E-state index is -3.34. The number of benzene rings is 1. The number of nitrogens with zero attached hydrogens (tertiary/aromatic N) is 3. The average Bonchev–Trinajstić information content (AvgIpc) is 2.83. The lowest BCUT2D eigenvalue weighted by molar-refractivity contribution is 0.600. The molecule has 0 bridgehead atoms. The maximum Gasteiger partial charge on any atom is 0.232 e. The van der Waals surface area contributed by atoms with Gasteiger partial charge in [-0.3, -0.25) is 4.72 Å². The third-order valence-corrected chi connectivity index (χ3v) is 4.31. The zero-order valence-corrected chi connectivity index (χ0v) is 12.5. The van der Waals surface area contributed by atoms with Crippen molar-refractivity contribution in [3.8, 4) is 11.4 Å². The summed E-state index contributed by atoms with van der Waals surface area (Å²) in [5.74, 6) is 1.06. The van der Waals surface area contributed by atoms with Crippen LogP contribution in [0.1, 0.15) is 6.42 Å². The monoisotopic (exact) mass is 314 g/mol. The molecule has 0 radical (unpaired) electrons. The van der Waals surface area contributed by atoms with Gasteiger partial charge in [-0.2, -0.15) is 0 Å². The summed E-state index contributed by atoms with van der Waals surface area (Å²) in [7, 11) is -1.49. The first-order valence-corrected chi connectivity index (χ1v) is 8.21. The van der Waals surface area contributed by atoms with Gasteiger partial charge in [-0.15, -0.1) is 21.8 Å². The van der Waals surface area contributed by atoms with Crippen molar-refractivity contribution < 1.29 is 8.42 Å². The number of aryl methyl sites for hydroxylation is 1. The molecule has 0 saturated carbocycles. The van der Waals surface area contributed by atoms with Crippen molar-refractivity contribution in [1.29, 1.82) is 0 Å². The van der Waals surface area contributed by atoms with Crippen LogP contribution in [0.5, 0.6) is 0 Å². The molecule has 2 rings (SSSR count). The molecule has 0 atom stereocenters. The Bertz CT molecular complexity index is 667. The Morgan fingerprint density at radius 3 is 2.55 bits per heavy atom. The highest BCUT2D eigenvalue weighted by Gasteiger charge is 2.10. The van der Waals surface area contributed by atoms with E-state index in [1.165, 1.54) is 0 Å². The van der Waals surface area contributed by atoms with E-state index in [1.54, 1.807) is 35.2 Å². The van der Waals surface area contributed by atoms with Crippen LogP contribution in [-0.4, -0.2) is 34.8 Å². The first kappa shape index (κ1) is 14.8. The van der Waals surface area contributed by atoms with Gasteiger partial charge in [0.1, 0.15) is 6.33 Å². The Morgan fingerprint density at radius 1 is 1.30 bits per heavy atom. The van der Waals surface area contributed by atoms with Crippen LogP contribution in [0.3, 0.4) is 0 Å². The van der Waals surface area contributed by atoms with Crippen molar-refractivity contribution in [2.75, 3.05) is 16.4 Å². The molecule has 2 aromatic rings. The Balaban J connectivity index is 2.11. The highest BCUT2D eigenvalue weighted by atomic mass is 35.5. The van der Waals surface area contributed by atoms with E-state index in [0.29, 0.717) is 18.0 Å². The molecule has 6 nitrogen and oxygen atoms in total. The minimum absolute atomic E-state index is 0.0154. The number of anilines is 1. The van der Waals surface area contributed by atoms with E-state index in [-0.39, 0.29) is 5.75 Å². The zero-order valence-electron chi connectivity index (χ0n) is 11.0. The van der Waals surface area contributed by atoms with Gasteiger partial charge in [0.15, 0.2) is 5.82 Å². The minimum Gasteiger partial charge on any atom is -0.317 e. The topological polar surface area (TPSA) is 76.9 Å². The molecule has 0 saturated heterocycles. The fraction of sp³-hybridized carbons (Fsp3) is 0.333. The zero-order chi connectivity index (χ0) is 14.6. The lowest BCUT2D eigenvalue weighted by Crippen LogP contribution is -2.16. The maximum absolute atomic E-state index is 11.7. The summed E-state index contributed by atoms with van der Waals surface area (Å²) in [5, 5.41) is 7.79. The number of halogens is 1. The predicted molar refractivity (Wildman–Crippen MR) is 79.2 cm³/mol. The molecule has 0 aliphatic rings. The number of hydrogen-bond donors (Lipinski definition) is 1. The van der Waals surface area contributed by atoms with Gasteiger partial charge in [-0.25, -0.2) is 8.42 Å². The summed E-state index contributed by atoms with van der Waals surface area (Å²) >= 11 is 5.50. The first-order chi connectivity index (χ1) is 9.52. The second-order valence-electron chi connectivity index (χ2n) is 4.31. The van der Waals surface area contributed by atoms with E-state index >= 15 is 0 Å². The molecule has 1 heterocycles. The molecular weight excluding hydrogens is 300 g/mol. The van der Waals surface area contributed by atoms with Crippen molar-refractivity contribution in [2.24, 2.45) is 7.05 Å². The van der Waals surface area contributed by atoms with Crippen molar-refractivity contribution in [3.05, 3.63) is 30.6 Å². The number of alkyl halides is 1. The predicted octanol–water partition coefficient (Wildman–Crippen LogP) is 1.85. The number of sulfonamides is 1. The molecule has 8 heteroatoms. The van der Waals surface area contributed by atoms with Crippen LogP contribution < -0.4 is 4.72 Å². The van der Waals surface area contributed by atoms with Crippen LogP contribution in [0.25, 0.3) is 11.4 Å². The van der Waals surface area contributed by atoms with E-state index in [0.717, 1.165) is 11.4 Å². The summed E-state index contributed by atoms with van der Waals surface area (Å²) in [6.07, 6.45) is 2.03. The summed E-state index contributed by atoms with van der Waals surface area (Å²) in [4.78, 5) is 0. The van der Waals surface area contributed by atoms with E-state index in [1.807, 2.05) is 7.05 Å². The fourth-order valence-electron chi connectivity index (χ4n) is 1.71. The Labute approximate surface area is 122 Å². The van der Waals surface area contributed by atoms with Crippen LogP contribution in [0.2, 0.25) is 0 Å². The van der Waals surface area contributed by atoms with Gasteiger partial charge in [0.05, 0.1) is 5.75 Å². The van der Waals surface area contributed by atoms with Crippen LogP contribution in [0.4, 0.5) is 5.69 Å². The molecule has 1 aromatic carbocycles. The third kappa shape index (κ3) is 3.71. The molecule has 0 amide bonds. The van der Waals surface area contributed by atoms with Gasteiger partial charge in [0.2, 0.25) is 10.0 Å².